The van der Waals surface area contributed by atoms with Gasteiger partial charge in [0.25, 0.3) is 0 Å². The number of carboxylic acid groups (broad SMARTS) is 1. The van der Waals surface area contributed by atoms with Gasteiger partial charge in [-0.2, -0.15) is 0 Å². The lowest BCUT2D eigenvalue weighted by molar-refractivity contribution is -0.149. The highest BCUT2D eigenvalue weighted by Gasteiger charge is 2.29. The van der Waals surface area contributed by atoms with Crippen LogP contribution in [-0.2, 0) is 23.9 Å². The Morgan fingerprint density at radius 2 is 1.37 bits per heavy atom. The summed E-state index contributed by atoms with van der Waals surface area (Å²) in [6.45, 7) is 4.83. The molecular weight excluding hydrogens is 496 g/mol. The minimum Gasteiger partial charge on any atom is -0.481 e. The second-order valence-electron chi connectivity index (χ2n) is 9.50. The molecule has 0 aromatic rings. The number of guanidine groups is 2. The van der Waals surface area contributed by atoms with E-state index in [-0.39, 0.29) is 37.3 Å². The number of nitrogens with one attached hydrogen (secondary N) is 6. The molecular formula is C24H46N8O6. The van der Waals surface area contributed by atoms with Gasteiger partial charge in [-0.1, -0.05) is 39.5 Å². The van der Waals surface area contributed by atoms with Gasteiger partial charge in [0, 0.05) is 19.5 Å². The Kier molecular flexibility index (Phi) is 18.5. The monoisotopic (exact) mass is 542 g/mol. The van der Waals surface area contributed by atoms with Gasteiger partial charge in [-0.25, -0.2) is 4.79 Å². The van der Waals surface area contributed by atoms with Crippen LogP contribution in [0.15, 0.2) is 0 Å². The molecule has 11 N–H and O–H groups in total. The van der Waals surface area contributed by atoms with Crippen LogP contribution in [-0.4, -0.2) is 72.6 Å². The number of hydrogen-bond acceptors (Lipinski definition) is 7. The second kappa shape index (κ2) is 20.5. The average molecular weight is 543 g/mol. The highest BCUT2D eigenvalue weighted by atomic mass is 16.5. The van der Waals surface area contributed by atoms with Crippen molar-refractivity contribution in [3.05, 3.63) is 0 Å². The molecule has 0 heterocycles. The van der Waals surface area contributed by atoms with Crippen LogP contribution in [0.25, 0.3) is 0 Å². The van der Waals surface area contributed by atoms with Crippen molar-refractivity contribution in [2.24, 2.45) is 17.4 Å². The van der Waals surface area contributed by atoms with E-state index in [0.717, 1.165) is 32.1 Å². The van der Waals surface area contributed by atoms with Crippen molar-refractivity contribution in [3.63, 3.8) is 0 Å². The van der Waals surface area contributed by atoms with Crippen LogP contribution in [0, 0.1) is 16.7 Å². The summed E-state index contributed by atoms with van der Waals surface area (Å²) in [5.41, 5.74) is 10.5. The number of ether oxygens (including phenoxy) is 1. The van der Waals surface area contributed by atoms with Gasteiger partial charge in [0.2, 0.25) is 11.8 Å². The first kappa shape index (κ1) is 34.4. The third-order valence-electron chi connectivity index (χ3n) is 5.32. The Morgan fingerprint density at radius 3 is 1.92 bits per heavy atom. The molecule has 0 aliphatic heterocycles. The first-order valence-electron chi connectivity index (χ1n) is 13.1. The summed E-state index contributed by atoms with van der Waals surface area (Å²) in [6.07, 6.45) is 5.22. The summed E-state index contributed by atoms with van der Waals surface area (Å²) in [5, 5.41) is 33.9. The summed E-state index contributed by atoms with van der Waals surface area (Å²) in [6, 6.07) is -2.39. The van der Waals surface area contributed by atoms with E-state index < -0.39 is 42.3 Å². The molecule has 14 heteroatoms. The van der Waals surface area contributed by atoms with Crippen molar-refractivity contribution < 1.29 is 29.0 Å². The van der Waals surface area contributed by atoms with Gasteiger partial charge in [0.05, 0.1) is 13.0 Å². The smallest absolute Gasteiger partial charge is 0.328 e. The first-order chi connectivity index (χ1) is 17.9. The molecule has 0 spiro atoms. The van der Waals surface area contributed by atoms with Crippen molar-refractivity contribution in [2.75, 3.05) is 19.7 Å². The molecule has 0 aromatic carbocycles. The fourth-order valence-corrected chi connectivity index (χ4v) is 3.39. The maximum atomic E-state index is 12.9. The Labute approximate surface area is 224 Å². The van der Waals surface area contributed by atoms with E-state index in [4.69, 9.17) is 27.0 Å². The highest BCUT2D eigenvalue weighted by molar-refractivity contribution is 5.93. The molecule has 0 aliphatic carbocycles. The maximum Gasteiger partial charge on any atom is 0.328 e. The van der Waals surface area contributed by atoms with Crippen molar-refractivity contribution >= 4 is 35.7 Å². The third-order valence-corrected chi connectivity index (χ3v) is 5.32. The van der Waals surface area contributed by atoms with E-state index in [2.05, 4.69) is 21.3 Å². The topological polar surface area (TPSA) is 246 Å². The van der Waals surface area contributed by atoms with Crippen LogP contribution >= 0.6 is 0 Å². The van der Waals surface area contributed by atoms with Crippen LogP contribution in [0.3, 0.4) is 0 Å². The molecule has 0 unspecified atom stereocenters. The fraction of sp³-hybridized carbons (Fsp3) is 0.750. The zero-order chi connectivity index (χ0) is 28.9. The lowest BCUT2D eigenvalue weighted by Crippen LogP contribution is -2.52. The quantitative estimate of drug-likeness (QED) is 0.0410. The molecule has 14 nitrogen and oxygen atoms in total. The molecule has 0 saturated heterocycles. The number of nitrogens with two attached hydrogens (primary N) is 2. The summed E-state index contributed by atoms with van der Waals surface area (Å²) in [4.78, 5) is 49.1. The van der Waals surface area contributed by atoms with E-state index in [1.807, 2.05) is 13.8 Å². The Bertz CT molecular complexity index is 777. The van der Waals surface area contributed by atoms with Crippen LogP contribution in [0.4, 0.5) is 0 Å². The lowest BCUT2D eigenvalue weighted by Gasteiger charge is -2.22. The maximum absolute atomic E-state index is 12.9. The van der Waals surface area contributed by atoms with E-state index in [0.29, 0.717) is 25.9 Å². The van der Waals surface area contributed by atoms with Crippen LogP contribution < -0.4 is 32.7 Å². The van der Waals surface area contributed by atoms with Crippen LogP contribution in [0.1, 0.15) is 78.1 Å². The molecule has 218 valence electrons. The van der Waals surface area contributed by atoms with Gasteiger partial charge in [-0.3, -0.25) is 25.2 Å². The molecule has 2 atom stereocenters. The van der Waals surface area contributed by atoms with E-state index in [9.17, 15) is 24.3 Å². The van der Waals surface area contributed by atoms with Gasteiger partial charge in [-0.15, -0.1) is 0 Å². The van der Waals surface area contributed by atoms with E-state index >= 15 is 0 Å². The zero-order valence-electron chi connectivity index (χ0n) is 22.6. The normalized spacial score (nSPS) is 12.2. The van der Waals surface area contributed by atoms with Crippen LogP contribution in [0.5, 0.6) is 0 Å². The molecule has 0 aromatic heterocycles. The minimum absolute atomic E-state index is 0.0468. The molecule has 0 bridgehead atoms. The molecule has 0 rings (SSSR count). The highest BCUT2D eigenvalue weighted by Crippen LogP contribution is 2.08. The van der Waals surface area contributed by atoms with Gasteiger partial charge >= 0.3 is 11.9 Å². The summed E-state index contributed by atoms with van der Waals surface area (Å²) < 4.78 is 5.24. The number of carbonyl (C=O) groups is 4. The standard InChI is InChI=1S/C24H46N8O6/c1-16(2)15-38-22(37)17(10-9-13-30-24(27)28)32-21(36)18(14-20(34)35)31-19(33)11-7-5-3-4-6-8-12-29-23(25)26/h16-18H,3-15H2,1-2H3,(H,31,33)(H,32,36)(H,34,35)(H4,25,26,29)(H4,27,28,30)/t17-,18-/m0/s1. The number of esters is 1. The molecule has 0 aliphatic rings. The number of hydrogen-bond donors (Lipinski definition) is 9. The Morgan fingerprint density at radius 1 is 0.816 bits per heavy atom. The number of aliphatic carboxylic acids is 1. The predicted octanol–water partition coefficient (Wildman–Crippen LogP) is 0.107. The van der Waals surface area contributed by atoms with Crippen molar-refractivity contribution in [2.45, 2.75) is 90.1 Å². The van der Waals surface area contributed by atoms with Crippen molar-refractivity contribution in [3.8, 4) is 0 Å². The summed E-state index contributed by atoms with van der Waals surface area (Å²) in [7, 11) is 0. The molecule has 38 heavy (non-hydrogen) atoms. The number of carboxylic acids is 1. The average Bonchev–Trinajstić information content (AvgIpc) is 2.82. The minimum atomic E-state index is -1.34. The van der Waals surface area contributed by atoms with E-state index in [1.165, 1.54) is 0 Å². The third kappa shape index (κ3) is 19.6. The van der Waals surface area contributed by atoms with Gasteiger partial charge in [-0.05, 0) is 31.6 Å². The predicted molar refractivity (Wildman–Crippen MR) is 143 cm³/mol. The Hall–Kier alpha value is -3.58. The largest absolute Gasteiger partial charge is 0.481 e. The Balaban J connectivity index is 4.78. The first-order valence-corrected chi connectivity index (χ1v) is 13.1. The number of carbonyl (C=O) groups excluding carboxylic acids is 3. The molecule has 0 saturated carbocycles. The van der Waals surface area contributed by atoms with Crippen LogP contribution in [0.2, 0.25) is 0 Å². The molecule has 0 fully saturated rings. The fourth-order valence-electron chi connectivity index (χ4n) is 3.39. The SMILES string of the molecule is CC(C)COC(=O)[C@H](CCCNC(=N)N)NC(=O)[C@H](CC(=O)O)NC(=O)CCCCCCCCNC(=N)N. The van der Waals surface area contributed by atoms with Crippen molar-refractivity contribution in [1.29, 1.82) is 10.8 Å². The lowest BCUT2D eigenvalue weighted by atomic mass is 10.1. The van der Waals surface area contributed by atoms with Gasteiger partial charge in [0.1, 0.15) is 12.1 Å². The number of rotatable bonds is 21. The van der Waals surface area contributed by atoms with Gasteiger partial charge < -0.3 is 42.6 Å². The van der Waals surface area contributed by atoms with E-state index in [1.54, 1.807) is 0 Å². The number of unbranched alkanes of at least 4 members (excludes halogenated alkanes) is 5. The second-order valence-corrected chi connectivity index (χ2v) is 9.50. The zero-order valence-corrected chi connectivity index (χ0v) is 22.6. The van der Waals surface area contributed by atoms with Crippen molar-refractivity contribution in [1.82, 2.24) is 21.3 Å². The molecule has 0 radical (unpaired) electrons. The van der Waals surface area contributed by atoms with Gasteiger partial charge in [0.15, 0.2) is 11.9 Å². The number of amides is 2. The summed E-state index contributed by atoms with van der Waals surface area (Å²) >= 11 is 0. The summed E-state index contributed by atoms with van der Waals surface area (Å²) in [5.74, 6) is -3.35. The molecule has 2 amide bonds.